The van der Waals surface area contributed by atoms with Gasteiger partial charge in [0.15, 0.2) is 0 Å². The molecule has 3 heteroatoms. The van der Waals surface area contributed by atoms with Crippen molar-refractivity contribution in [2.24, 2.45) is 11.1 Å². The number of nitrogens with zero attached hydrogens (tertiary/aromatic N) is 2. The maximum absolute atomic E-state index is 5.60. The maximum Gasteiger partial charge on any atom is 0.129 e. The highest BCUT2D eigenvalue weighted by atomic mass is 16.6. The monoisotopic (exact) mass is 258 g/mol. The van der Waals surface area contributed by atoms with E-state index in [2.05, 4.69) is 22.3 Å². The second-order valence-corrected chi connectivity index (χ2v) is 6.70. The van der Waals surface area contributed by atoms with Gasteiger partial charge < -0.3 is 4.84 Å². The van der Waals surface area contributed by atoms with E-state index in [1.165, 1.54) is 31.4 Å². The average Bonchev–Trinajstić information content (AvgIpc) is 3.22. The van der Waals surface area contributed by atoms with E-state index < -0.39 is 0 Å². The van der Waals surface area contributed by atoms with Crippen LogP contribution in [0.15, 0.2) is 23.5 Å². The first kappa shape index (κ1) is 12.6. The number of aromatic nitrogens is 1. The van der Waals surface area contributed by atoms with Gasteiger partial charge in [0.05, 0.1) is 5.71 Å². The predicted molar refractivity (Wildman–Crippen MR) is 76.3 cm³/mol. The molecule has 1 aromatic rings. The summed E-state index contributed by atoms with van der Waals surface area (Å²) in [4.78, 5) is 10.2. The highest BCUT2D eigenvalue weighted by Gasteiger charge is 2.31. The minimum absolute atomic E-state index is 0.235. The number of rotatable bonds is 4. The summed E-state index contributed by atoms with van der Waals surface area (Å²) in [6, 6.07) is 4.31. The van der Waals surface area contributed by atoms with Crippen LogP contribution < -0.4 is 0 Å². The molecule has 19 heavy (non-hydrogen) atoms. The van der Waals surface area contributed by atoms with Crippen LogP contribution in [0.1, 0.15) is 63.6 Å². The quantitative estimate of drug-likeness (QED) is 0.606. The topological polar surface area (TPSA) is 34.5 Å². The highest BCUT2D eigenvalue weighted by Crippen LogP contribution is 2.39. The van der Waals surface area contributed by atoms with Gasteiger partial charge in [0.1, 0.15) is 5.60 Å². The smallest absolute Gasteiger partial charge is 0.129 e. The molecule has 1 heterocycles. The normalized spacial score (nSPS) is 20.5. The molecule has 2 fully saturated rings. The van der Waals surface area contributed by atoms with Crippen LogP contribution in [0.4, 0.5) is 0 Å². The molecule has 0 bridgehead atoms. The number of pyridine rings is 1. The molecule has 3 nitrogen and oxygen atoms in total. The number of hydrogen-bond acceptors (Lipinski definition) is 3. The van der Waals surface area contributed by atoms with E-state index in [1.807, 2.05) is 27.0 Å². The first-order chi connectivity index (χ1) is 9.03. The SMILES string of the molecule is CC(C)(C)O/N=C(/c1ccc(C2CC2)nc1)C1CC1. The summed E-state index contributed by atoms with van der Waals surface area (Å²) in [5.41, 5.74) is 3.19. The van der Waals surface area contributed by atoms with Crippen LogP contribution in [0.25, 0.3) is 0 Å². The lowest BCUT2D eigenvalue weighted by Gasteiger charge is -2.17. The molecule has 0 aliphatic heterocycles. The molecular formula is C16H22N2O. The second-order valence-electron chi connectivity index (χ2n) is 6.70. The lowest BCUT2D eigenvalue weighted by atomic mass is 10.1. The summed E-state index contributed by atoms with van der Waals surface area (Å²) in [6.45, 7) is 6.07. The molecule has 0 radical (unpaired) electrons. The Morgan fingerprint density at radius 3 is 2.42 bits per heavy atom. The predicted octanol–water partition coefficient (Wildman–Crippen LogP) is 3.89. The Kier molecular flexibility index (Phi) is 3.08. The summed E-state index contributed by atoms with van der Waals surface area (Å²) >= 11 is 0. The van der Waals surface area contributed by atoms with E-state index in [0.717, 1.165) is 11.3 Å². The van der Waals surface area contributed by atoms with E-state index in [4.69, 9.17) is 4.84 Å². The molecule has 0 aromatic carbocycles. The third kappa shape index (κ3) is 3.34. The van der Waals surface area contributed by atoms with Gasteiger partial charge in [-0.3, -0.25) is 4.98 Å². The van der Waals surface area contributed by atoms with Gasteiger partial charge in [-0.05, 0) is 58.6 Å². The van der Waals surface area contributed by atoms with Gasteiger partial charge in [-0.1, -0.05) is 5.16 Å². The lowest BCUT2D eigenvalue weighted by Crippen LogP contribution is -2.18. The molecule has 1 aromatic heterocycles. The molecule has 0 amide bonds. The van der Waals surface area contributed by atoms with Crippen molar-refractivity contribution in [1.82, 2.24) is 4.98 Å². The molecule has 2 aliphatic carbocycles. The average molecular weight is 258 g/mol. The van der Waals surface area contributed by atoms with Crippen molar-refractivity contribution in [3.63, 3.8) is 0 Å². The van der Waals surface area contributed by atoms with Gasteiger partial charge in [0.25, 0.3) is 0 Å². The van der Waals surface area contributed by atoms with E-state index in [9.17, 15) is 0 Å². The van der Waals surface area contributed by atoms with Crippen LogP contribution in [0.2, 0.25) is 0 Å². The summed E-state index contributed by atoms with van der Waals surface area (Å²) < 4.78 is 0. The molecule has 0 atom stereocenters. The van der Waals surface area contributed by atoms with Gasteiger partial charge in [-0.25, -0.2) is 0 Å². The van der Waals surface area contributed by atoms with Gasteiger partial charge in [0.2, 0.25) is 0 Å². The minimum Gasteiger partial charge on any atom is -0.390 e. The fourth-order valence-corrected chi connectivity index (χ4v) is 2.08. The zero-order chi connectivity index (χ0) is 13.5. The number of oxime groups is 1. The van der Waals surface area contributed by atoms with Crippen molar-refractivity contribution < 1.29 is 4.84 Å². The third-order valence-electron chi connectivity index (χ3n) is 3.46. The van der Waals surface area contributed by atoms with Crippen LogP contribution in [0.5, 0.6) is 0 Å². The van der Waals surface area contributed by atoms with Crippen molar-refractivity contribution in [3.8, 4) is 0 Å². The Hall–Kier alpha value is -1.38. The van der Waals surface area contributed by atoms with Gasteiger partial charge >= 0.3 is 0 Å². The first-order valence-electron chi connectivity index (χ1n) is 7.25. The molecular weight excluding hydrogens is 236 g/mol. The highest BCUT2D eigenvalue weighted by molar-refractivity contribution is 6.03. The van der Waals surface area contributed by atoms with Gasteiger partial charge in [-0.2, -0.15) is 0 Å². The Balaban J connectivity index is 1.79. The molecule has 0 saturated heterocycles. The Bertz CT molecular complexity index is 476. The van der Waals surface area contributed by atoms with Crippen molar-refractivity contribution in [2.75, 3.05) is 0 Å². The summed E-state index contributed by atoms with van der Waals surface area (Å²) in [6.07, 6.45) is 7.00. The van der Waals surface area contributed by atoms with Gasteiger partial charge in [0, 0.05) is 29.3 Å². The largest absolute Gasteiger partial charge is 0.390 e. The fourth-order valence-electron chi connectivity index (χ4n) is 2.08. The molecule has 0 N–H and O–H groups in total. The molecule has 2 aliphatic rings. The van der Waals surface area contributed by atoms with Crippen LogP contribution >= 0.6 is 0 Å². The summed E-state index contributed by atoms with van der Waals surface area (Å²) in [5.74, 6) is 1.28. The summed E-state index contributed by atoms with van der Waals surface area (Å²) in [5, 5.41) is 4.39. The molecule has 102 valence electrons. The first-order valence-corrected chi connectivity index (χ1v) is 7.25. The molecule has 3 rings (SSSR count). The standard InChI is InChI=1S/C16H22N2O/c1-16(2,3)19-18-15(12-6-7-12)13-8-9-14(17-10-13)11-4-5-11/h8-12H,4-7H2,1-3H3/b18-15+. The molecule has 0 unspecified atom stereocenters. The zero-order valence-electron chi connectivity index (χ0n) is 12.0. The van der Waals surface area contributed by atoms with Crippen molar-refractivity contribution in [2.45, 2.75) is 58.0 Å². The van der Waals surface area contributed by atoms with Crippen molar-refractivity contribution in [1.29, 1.82) is 0 Å². The second kappa shape index (κ2) is 4.62. The Labute approximate surface area is 115 Å². The van der Waals surface area contributed by atoms with Crippen LogP contribution in [-0.2, 0) is 4.84 Å². The van der Waals surface area contributed by atoms with Crippen molar-refractivity contribution in [3.05, 3.63) is 29.6 Å². The Morgan fingerprint density at radius 1 is 1.21 bits per heavy atom. The van der Waals surface area contributed by atoms with Gasteiger partial charge in [-0.15, -0.1) is 0 Å². The minimum atomic E-state index is -0.235. The maximum atomic E-state index is 5.60. The van der Waals surface area contributed by atoms with E-state index >= 15 is 0 Å². The Morgan fingerprint density at radius 2 is 1.95 bits per heavy atom. The third-order valence-corrected chi connectivity index (χ3v) is 3.46. The zero-order valence-corrected chi connectivity index (χ0v) is 12.0. The number of hydrogen-bond donors (Lipinski definition) is 0. The van der Waals surface area contributed by atoms with Crippen molar-refractivity contribution >= 4 is 5.71 Å². The van der Waals surface area contributed by atoms with E-state index in [1.54, 1.807) is 0 Å². The van der Waals surface area contributed by atoms with Crippen LogP contribution in [0, 0.1) is 5.92 Å². The lowest BCUT2D eigenvalue weighted by molar-refractivity contribution is 0.000566. The van der Waals surface area contributed by atoms with E-state index in [-0.39, 0.29) is 5.60 Å². The van der Waals surface area contributed by atoms with Crippen LogP contribution in [0.3, 0.4) is 0 Å². The van der Waals surface area contributed by atoms with Crippen LogP contribution in [-0.4, -0.2) is 16.3 Å². The fraction of sp³-hybridized carbons (Fsp3) is 0.625. The molecule has 0 spiro atoms. The molecule has 2 saturated carbocycles. The summed E-state index contributed by atoms with van der Waals surface area (Å²) in [7, 11) is 0. The van der Waals surface area contributed by atoms with E-state index in [0.29, 0.717) is 11.8 Å².